The third-order valence-electron chi connectivity index (χ3n) is 5.55. The van der Waals surface area contributed by atoms with E-state index in [0.717, 1.165) is 24.6 Å². The van der Waals surface area contributed by atoms with Crippen LogP contribution in [0, 0.1) is 11.7 Å². The van der Waals surface area contributed by atoms with Gasteiger partial charge in [-0.15, -0.1) is 0 Å². The molecule has 2 atom stereocenters. The van der Waals surface area contributed by atoms with E-state index < -0.39 is 15.8 Å². The summed E-state index contributed by atoms with van der Waals surface area (Å²) in [7, 11) is -3.73. The first-order valence-corrected chi connectivity index (χ1v) is 10.9. The van der Waals surface area contributed by atoms with Crippen molar-refractivity contribution in [2.45, 2.75) is 23.9 Å². The lowest BCUT2D eigenvalue weighted by atomic mass is 9.92. The Morgan fingerprint density at radius 1 is 1.21 bits per heavy atom. The topological polar surface area (TPSA) is 62.7 Å². The lowest BCUT2D eigenvalue weighted by Gasteiger charge is -2.41. The van der Waals surface area contributed by atoms with E-state index in [4.69, 9.17) is 4.74 Å². The van der Waals surface area contributed by atoms with Crippen LogP contribution in [0.4, 0.5) is 4.39 Å². The van der Waals surface area contributed by atoms with Gasteiger partial charge in [-0.3, -0.25) is 9.88 Å². The summed E-state index contributed by atoms with van der Waals surface area (Å²) >= 11 is 0. The highest BCUT2D eigenvalue weighted by Gasteiger charge is 2.39. The largest absolute Gasteiger partial charge is 0.380 e. The molecule has 2 aliphatic heterocycles. The fourth-order valence-electron chi connectivity index (χ4n) is 4.06. The smallest absolute Gasteiger partial charge is 0.243 e. The summed E-state index contributed by atoms with van der Waals surface area (Å²) in [5.41, 5.74) is 1.09. The minimum Gasteiger partial charge on any atom is -0.380 e. The molecular weight excluding hydrogens is 381 g/mol. The molecule has 28 heavy (non-hydrogen) atoms. The normalized spacial score (nSPS) is 24.5. The first-order valence-electron chi connectivity index (χ1n) is 9.50. The summed E-state index contributed by atoms with van der Waals surface area (Å²) < 4.78 is 47.0. The lowest BCUT2D eigenvalue weighted by Crippen LogP contribution is -2.54. The summed E-state index contributed by atoms with van der Waals surface area (Å²) in [5.74, 6) is -0.268. The third kappa shape index (κ3) is 4.10. The summed E-state index contributed by atoms with van der Waals surface area (Å²) in [5, 5.41) is 0. The molecule has 0 aliphatic carbocycles. The molecular formula is C20H24FN3O3S. The van der Waals surface area contributed by atoms with Crippen LogP contribution in [0.2, 0.25) is 0 Å². The number of fused-ring (bicyclic) bond motifs is 1. The third-order valence-corrected chi connectivity index (χ3v) is 7.41. The first kappa shape index (κ1) is 19.4. The van der Waals surface area contributed by atoms with Crippen LogP contribution in [0.15, 0.2) is 53.7 Å². The minimum atomic E-state index is -3.73. The van der Waals surface area contributed by atoms with E-state index in [1.807, 2.05) is 18.3 Å². The zero-order valence-electron chi connectivity index (χ0n) is 15.6. The Hall–Kier alpha value is -1.87. The van der Waals surface area contributed by atoms with Gasteiger partial charge >= 0.3 is 0 Å². The van der Waals surface area contributed by atoms with Gasteiger partial charge < -0.3 is 4.74 Å². The number of pyridine rings is 1. The van der Waals surface area contributed by atoms with Gasteiger partial charge in [0, 0.05) is 50.5 Å². The van der Waals surface area contributed by atoms with Gasteiger partial charge in [-0.05, 0) is 36.2 Å². The van der Waals surface area contributed by atoms with Crippen LogP contribution in [0.5, 0.6) is 0 Å². The van der Waals surface area contributed by atoms with E-state index in [1.54, 1.807) is 6.20 Å². The van der Waals surface area contributed by atoms with E-state index >= 15 is 0 Å². The second kappa shape index (κ2) is 8.24. The van der Waals surface area contributed by atoms with Crippen molar-refractivity contribution in [1.29, 1.82) is 0 Å². The van der Waals surface area contributed by atoms with E-state index in [-0.39, 0.29) is 16.9 Å². The molecule has 3 heterocycles. The number of hydrogen-bond donors (Lipinski definition) is 0. The van der Waals surface area contributed by atoms with Gasteiger partial charge in [-0.2, -0.15) is 4.31 Å². The van der Waals surface area contributed by atoms with Gasteiger partial charge in [0.2, 0.25) is 10.0 Å². The van der Waals surface area contributed by atoms with Crippen LogP contribution < -0.4 is 0 Å². The fraction of sp³-hybridized carbons (Fsp3) is 0.450. The van der Waals surface area contributed by atoms with Gasteiger partial charge in [-0.1, -0.05) is 12.1 Å². The van der Waals surface area contributed by atoms with Crippen molar-refractivity contribution in [2.24, 2.45) is 5.92 Å². The molecule has 2 aliphatic rings. The number of hydrogen-bond acceptors (Lipinski definition) is 5. The number of benzene rings is 1. The van der Waals surface area contributed by atoms with Crippen LogP contribution in [-0.4, -0.2) is 61.5 Å². The standard InChI is InChI=1S/C20H24FN3O3S/c21-18-4-1-5-19(11-18)28(25,26)24-8-6-17-15-27-10-9-23(20(17)14-24)13-16-3-2-7-22-12-16/h1-5,7,11-12,17,20H,6,8-10,13-15H2/t17-,20-/m1/s1. The van der Waals surface area contributed by atoms with Gasteiger partial charge in [0.25, 0.3) is 0 Å². The van der Waals surface area contributed by atoms with Crippen LogP contribution in [0.3, 0.4) is 0 Å². The molecule has 6 nitrogen and oxygen atoms in total. The van der Waals surface area contributed by atoms with Crippen molar-refractivity contribution in [2.75, 3.05) is 32.8 Å². The summed E-state index contributed by atoms with van der Waals surface area (Å²) in [4.78, 5) is 6.48. The summed E-state index contributed by atoms with van der Waals surface area (Å²) in [6.45, 7) is 3.51. The Morgan fingerprint density at radius 3 is 2.89 bits per heavy atom. The maximum atomic E-state index is 13.6. The highest BCUT2D eigenvalue weighted by atomic mass is 32.2. The molecule has 2 fully saturated rings. The summed E-state index contributed by atoms with van der Waals surface area (Å²) in [6.07, 6.45) is 4.30. The highest BCUT2D eigenvalue weighted by Crippen LogP contribution is 2.29. The molecule has 0 N–H and O–H groups in total. The molecule has 0 amide bonds. The number of ether oxygens (including phenoxy) is 1. The second-order valence-electron chi connectivity index (χ2n) is 7.34. The zero-order chi connectivity index (χ0) is 19.6. The summed E-state index contributed by atoms with van der Waals surface area (Å²) in [6, 6.07) is 9.21. The SMILES string of the molecule is O=S(=O)(c1cccc(F)c1)N1CC[C@@H]2COCCN(Cc3cccnc3)[C@@H]2C1. The van der Waals surface area contributed by atoms with Crippen LogP contribution in [0.25, 0.3) is 0 Å². The van der Waals surface area contributed by atoms with Gasteiger partial charge in [0.1, 0.15) is 5.82 Å². The maximum absolute atomic E-state index is 13.6. The Bertz CT molecular complexity index is 910. The maximum Gasteiger partial charge on any atom is 0.243 e. The van der Waals surface area contributed by atoms with E-state index in [9.17, 15) is 12.8 Å². The predicted molar refractivity (Wildman–Crippen MR) is 103 cm³/mol. The van der Waals surface area contributed by atoms with Crippen molar-refractivity contribution in [3.8, 4) is 0 Å². The predicted octanol–water partition coefficient (Wildman–Crippen LogP) is 2.13. The molecule has 2 aromatic rings. The molecule has 8 heteroatoms. The van der Waals surface area contributed by atoms with Crippen molar-refractivity contribution < 1.29 is 17.5 Å². The van der Waals surface area contributed by atoms with E-state index in [0.29, 0.717) is 32.8 Å². The van der Waals surface area contributed by atoms with Crippen molar-refractivity contribution >= 4 is 10.0 Å². The fourth-order valence-corrected chi connectivity index (χ4v) is 5.56. The minimum absolute atomic E-state index is 0.00892. The number of sulfonamides is 1. The molecule has 4 rings (SSSR count). The van der Waals surface area contributed by atoms with Crippen LogP contribution >= 0.6 is 0 Å². The Morgan fingerprint density at radius 2 is 2.11 bits per heavy atom. The van der Waals surface area contributed by atoms with E-state index in [2.05, 4.69) is 9.88 Å². The number of nitrogens with zero attached hydrogens (tertiary/aromatic N) is 3. The van der Waals surface area contributed by atoms with Crippen molar-refractivity contribution in [3.05, 3.63) is 60.2 Å². The Kier molecular flexibility index (Phi) is 5.73. The molecule has 1 aromatic heterocycles. The highest BCUT2D eigenvalue weighted by molar-refractivity contribution is 7.89. The van der Waals surface area contributed by atoms with Gasteiger partial charge in [0.05, 0.1) is 18.1 Å². The molecule has 0 radical (unpaired) electrons. The van der Waals surface area contributed by atoms with Crippen molar-refractivity contribution in [1.82, 2.24) is 14.2 Å². The number of piperidine rings is 1. The molecule has 0 saturated carbocycles. The van der Waals surface area contributed by atoms with Crippen molar-refractivity contribution in [3.63, 3.8) is 0 Å². The number of aromatic nitrogens is 1. The lowest BCUT2D eigenvalue weighted by molar-refractivity contribution is 0.0766. The molecule has 0 unspecified atom stereocenters. The molecule has 1 aromatic carbocycles. The van der Waals surface area contributed by atoms with Crippen LogP contribution in [-0.2, 0) is 21.3 Å². The van der Waals surface area contributed by atoms with Gasteiger partial charge in [-0.25, -0.2) is 12.8 Å². The average molecular weight is 405 g/mol. The zero-order valence-corrected chi connectivity index (χ0v) is 16.4. The first-order chi connectivity index (χ1) is 13.5. The monoisotopic (exact) mass is 405 g/mol. The molecule has 2 saturated heterocycles. The van der Waals surface area contributed by atoms with Gasteiger partial charge in [0.15, 0.2) is 0 Å². The average Bonchev–Trinajstić information content (AvgIpc) is 2.90. The number of halogens is 1. The number of rotatable bonds is 4. The van der Waals surface area contributed by atoms with Crippen LogP contribution in [0.1, 0.15) is 12.0 Å². The quantitative estimate of drug-likeness (QED) is 0.780. The molecule has 150 valence electrons. The molecule has 0 bridgehead atoms. The molecule has 0 spiro atoms. The Labute approximate surface area is 165 Å². The second-order valence-corrected chi connectivity index (χ2v) is 9.28. The van der Waals surface area contributed by atoms with E-state index in [1.165, 1.54) is 22.5 Å². The Balaban J connectivity index is 1.57.